The second-order valence-electron chi connectivity index (χ2n) is 4.69. The number of pyridine rings is 2. The predicted molar refractivity (Wildman–Crippen MR) is 72.0 cm³/mol. The van der Waals surface area contributed by atoms with Crippen LogP contribution in [0.1, 0.15) is 32.1 Å². The summed E-state index contributed by atoms with van der Waals surface area (Å²) in [5, 5.41) is 1.33. The minimum Gasteiger partial charge on any atom is -0.487 e. The van der Waals surface area contributed by atoms with Crippen molar-refractivity contribution in [3.63, 3.8) is 0 Å². The highest BCUT2D eigenvalue weighted by Gasteiger charge is 2.17. The van der Waals surface area contributed by atoms with Crippen LogP contribution in [0, 0.1) is 0 Å². The Morgan fingerprint density at radius 1 is 1.17 bits per heavy atom. The van der Waals surface area contributed by atoms with Crippen LogP contribution >= 0.6 is 11.6 Å². The minimum absolute atomic E-state index is 0.298. The van der Waals surface area contributed by atoms with Gasteiger partial charge < -0.3 is 4.74 Å². The van der Waals surface area contributed by atoms with E-state index in [-0.39, 0.29) is 0 Å². The molecule has 0 aliphatic heterocycles. The highest BCUT2D eigenvalue weighted by atomic mass is 35.5. The molecule has 4 heteroatoms. The number of rotatable bonds is 2. The molecule has 0 N–H and O–H groups in total. The molecule has 1 aliphatic carbocycles. The number of aromatic nitrogens is 2. The van der Waals surface area contributed by atoms with Crippen molar-refractivity contribution >= 4 is 22.5 Å². The molecule has 2 aromatic rings. The molecule has 0 amide bonds. The van der Waals surface area contributed by atoms with Crippen LogP contribution < -0.4 is 4.74 Å². The van der Waals surface area contributed by atoms with Crippen molar-refractivity contribution in [2.24, 2.45) is 0 Å². The molecule has 0 bridgehead atoms. The summed E-state index contributed by atoms with van der Waals surface area (Å²) in [7, 11) is 0. The summed E-state index contributed by atoms with van der Waals surface area (Å²) >= 11 is 6.07. The average Bonchev–Trinajstić information content (AvgIpc) is 2.44. The van der Waals surface area contributed by atoms with Crippen molar-refractivity contribution in [3.8, 4) is 5.75 Å². The number of ether oxygens (including phenoxy) is 1. The smallest absolute Gasteiger partial charge is 0.164 e. The SMILES string of the molecule is Clc1ncc(OC2CCCCC2)c2ncccc12. The molecule has 1 saturated carbocycles. The molecule has 0 radical (unpaired) electrons. The van der Waals surface area contributed by atoms with Crippen LogP contribution in [-0.4, -0.2) is 16.1 Å². The van der Waals surface area contributed by atoms with E-state index in [9.17, 15) is 0 Å². The van der Waals surface area contributed by atoms with E-state index in [1.54, 1.807) is 12.4 Å². The fraction of sp³-hybridized carbons (Fsp3) is 0.429. The van der Waals surface area contributed by atoms with Crippen molar-refractivity contribution in [1.82, 2.24) is 9.97 Å². The molecule has 94 valence electrons. The molecule has 1 aliphatic rings. The first-order valence-corrected chi connectivity index (χ1v) is 6.78. The second-order valence-corrected chi connectivity index (χ2v) is 5.05. The fourth-order valence-electron chi connectivity index (χ4n) is 2.46. The van der Waals surface area contributed by atoms with Crippen molar-refractivity contribution in [2.75, 3.05) is 0 Å². The molecule has 0 aromatic carbocycles. The number of hydrogen-bond acceptors (Lipinski definition) is 3. The third-order valence-electron chi connectivity index (χ3n) is 3.40. The lowest BCUT2D eigenvalue weighted by atomic mass is 9.98. The maximum atomic E-state index is 6.07. The molecular weight excluding hydrogens is 248 g/mol. The zero-order valence-electron chi connectivity index (χ0n) is 10.1. The molecule has 3 rings (SSSR count). The number of nitrogens with zero attached hydrogens (tertiary/aromatic N) is 2. The van der Waals surface area contributed by atoms with Crippen molar-refractivity contribution < 1.29 is 4.74 Å². The highest BCUT2D eigenvalue weighted by molar-refractivity contribution is 6.34. The minimum atomic E-state index is 0.298. The van der Waals surface area contributed by atoms with Crippen molar-refractivity contribution in [2.45, 2.75) is 38.2 Å². The van der Waals surface area contributed by atoms with Gasteiger partial charge in [-0.3, -0.25) is 4.98 Å². The summed E-state index contributed by atoms with van der Waals surface area (Å²) < 4.78 is 6.04. The van der Waals surface area contributed by atoms with Gasteiger partial charge in [0.1, 0.15) is 10.7 Å². The van der Waals surface area contributed by atoms with E-state index in [2.05, 4.69) is 9.97 Å². The van der Waals surface area contributed by atoms with Crippen molar-refractivity contribution in [1.29, 1.82) is 0 Å². The average molecular weight is 263 g/mol. The molecule has 0 saturated heterocycles. The van der Waals surface area contributed by atoms with E-state index in [1.807, 2.05) is 12.1 Å². The molecule has 0 atom stereocenters. The van der Waals surface area contributed by atoms with Crippen molar-refractivity contribution in [3.05, 3.63) is 29.7 Å². The monoisotopic (exact) mass is 262 g/mol. The van der Waals surface area contributed by atoms with Gasteiger partial charge in [-0.1, -0.05) is 18.0 Å². The van der Waals surface area contributed by atoms with Crippen LogP contribution in [0.2, 0.25) is 5.15 Å². The van der Waals surface area contributed by atoms with Gasteiger partial charge in [-0.05, 0) is 37.8 Å². The Balaban J connectivity index is 1.94. The van der Waals surface area contributed by atoms with Gasteiger partial charge in [0.25, 0.3) is 0 Å². The van der Waals surface area contributed by atoms with E-state index < -0.39 is 0 Å². The predicted octanol–water partition coefficient (Wildman–Crippen LogP) is 3.99. The lowest BCUT2D eigenvalue weighted by molar-refractivity contribution is 0.156. The third-order valence-corrected chi connectivity index (χ3v) is 3.71. The molecule has 2 heterocycles. The number of halogens is 1. The molecule has 1 fully saturated rings. The van der Waals surface area contributed by atoms with Gasteiger partial charge in [-0.2, -0.15) is 0 Å². The van der Waals surface area contributed by atoms with Crippen LogP contribution in [0.5, 0.6) is 5.75 Å². The first kappa shape index (κ1) is 11.7. The Hall–Kier alpha value is -1.35. The van der Waals surface area contributed by atoms with Crippen LogP contribution in [0.3, 0.4) is 0 Å². The van der Waals surface area contributed by atoms with Crippen LogP contribution in [-0.2, 0) is 0 Å². The molecule has 18 heavy (non-hydrogen) atoms. The first-order valence-electron chi connectivity index (χ1n) is 6.40. The molecule has 0 unspecified atom stereocenters. The third kappa shape index (κ3) is 2.27. The molecular formula is C14H15ClN2O. The van der Waals surface area contributed by atoms with Gasteiger partial charge >= 0.3 is 0 Å². The van der Waals surface area contributed by atoms with E-state index in [0.29, 0.717) is 11.3 Å². The Bertz CT molecular complexity index is 552. The van der Waals surface area contributed by atoms with E-state index >= 15 is 0 Å². The van der Waals surface area contributed by atoms with Gasteiger partial charge in [0, 0.05) is 11.6 Å². The summed E-state index contributed by atoms with van der Waals surface area (Å²) in [6.45, 7) is 0. The second kappa shape index (κ2) is 5.11. The van der Waals surface area contributed by atoms with E-state index in [0.717, 1.165) is 29.5 Å². The Morgan fingerprint density at radius 3 is 2.83 bits per heavy atom. The van der Waals surface area contributed by atoms with Crippen LogP contribution in [0.15, 0.2) is 24.5 Å². The summed E-state index contributed by atoms with van der Waals surface area (Å²) in [5.41, 5.74) is 0.808. The van der Waals surface area contributed by atoms with E-state index in [1.165, 1.54) is 19.3 Å². The summed E-state index contributed by atoms with van der Waals surface area (Å²) in [4.78, 5) is 8.53. The topological polar surface area (TPSA) is 35.0 Å². The lowest BCUT2D eigenvalue weighted by Crippen LogP contribution is -2.19. The molecule has 2 aromatic heterocycles. The Labute approximate surface area is 111 Å². The molecule has 3 nitrogen and oxygen atoms in total. The first-order chi connectivity index (χ1) is 8.84. The van der Waals surface area contributed by atoms with Gasteiger partial charge in [0.05, 0.1) is 12.3 Å². The largest absolute Gasteiger partial charge is 0.487 e. The maximum Gasteiger partial charge on any atom is 0.164 e. The van der Waals surface area contributed by atoms with Gasteiger partial charge in [0.2, 0.25) is 0 Å². The summed E-state index contributed by atoms with van der Waals surface area (Å²) in [6.07, 6.45) is 9.80. The number of fused-ring (bicyclic) bond motifs is 1. The summed E-state index contributed by atoms with van der Waals surface area (Å²) in [5.74, 6) is 0.752. The van der Waals surface area contributed by atoms with Crippen LogP contribution in [0.25, 0.3) is 10.9 Å². The normalized spacial score (nSPS) is 16.9. The molecule has 0 spiro atoms. The quantitative estimate of drug-likeness (QED) is 0.768. The van der Waals surface area contributed by atoms with E-state index in [4.69, 9.17) is 16.3 Å². The maximum absolute atomic E-state index is 6.07. The Morgan fingerprint density at radius 2 is 2.00 bits per heavy atom. The summed E-state index contributed by atoms with van der Waals surface area (Å²) in [6, 6.07) is 3.78. The highest BCUT2D eigenvalue weighted by Crippen LogP contribution is 2.30. The zero-order chi connectivity index (χ0) is 12.4. The number of hydrogen-bond donors (Lipinski definition) is 0. The lowest BCUT2D eigenvalue weighted by Gasteiger charge is -2.23. The van der Waals surface area contributed by atoms with Gasteiger partial charge in [-0.15, -0.1) is 0 Å². The van der Waals surface area contributed by atoms with Gasteiger partial charge in [0.15, 0.2) is 5.75 Å². The van der Waals surface area contributed by atoms with Gasteiger partial charge in [-0.25, -0.2) is 4.98 Å². The standard InChI is InChI=1S/C14H15ClN2O/c15-14-11-7-4-8-16-13(11)12(9-17-14)18-10-5-2-1-3-6-10/h4,7-10H,1-3,5-6H2. The Kier molecular flexibility index (Phi) is 3.33. The zero-order valence-corrected chi connectivity index (χ0v) is 10.9. The fourth-order valence-corrected chi connectivity index (χ4v) is 2.66. The van der Waals surface area contributed by atoms with Crippen LogP contribution in [0.4, 0.5) is 0 Å².